The minimum absolute atomic E-state index is 0.0695. The number of aromatic nitrogens is 3. The van der Waals surface area contributed by atoms with E-state index in [9.17, 15) is 14.7 Å². The number of anilines is 1. The molecule has 26 heavy (non-hydrogen) atoms. The third kappa shape index (κ3) is 4.23. The maximum Gasteiger partial charge on any atom is 0.414 e. The van der Waals surface area contributed by atoms with Crippen LogP contribution in [0.5, 0.6) is 0 Å². The lowest BCUT2D eigenvalue weighted by Crippen LogP contribution is -2.30. The highest BCUT2D eigenvalue weighted by molar-refractivity contribution is 5.82. The van der Waals surface area contributed by atoms with E-state index >= 15 is 0 Å². The van der Waals surface area contributed by atoms with Crippen LogP contribution in [0, 0.1) is 0 Å². The fourth-order valence-electron chi connectivity index (χ4n) is 2.50. The van der Waals surface area contributed by atoms with Crippen LogP contribution in [-0.4, -0.2) is 49.7 Å². The normalized spacial score (nSPS) is 22.2. The van der Waals surface area contributed by atoms with Crippen molar-refractivity contribution in [3.63, 3.8) is 0 Å². The number of aliphatic hydroxyl groups excluding tert-OH is 2. The third-order valence-corrected chi connectivity index (χ3v) is 3.85. The summed E-state index contributed by atoms with van der Waals surface area (Å²) in [7, 11) is 0. The molecule has 1 amide bonds. The van der Waals surface area contributed by atoms with Crippen molar-refractivity contribution in [1.82, 2.24) is 14.5 Å². The molecule has 0 spiro atoms. The molecule has 3 N–H and O–H groups in total. The zero-order chi connectivity index (χ0) is 18.5. The molecule has 1 aromatic heterocycles. The number of carbonyl (C=O) groups is 1. The summed E-state index contributed by atoms with van der Waals surface area (Å²) in [6, 6.07) is 9.11. The molecule has 2 aromatic rings. The minimum atomic E-state index is -0.886. The molecule has 3 atom stereocenters. The molecule has 1 saturated heterocycles. The van der Waals surface area contributed by atoms with Crippen molar-refractivity contribution in [1.29, 1.82) is 0 Å². The number of hydrogen-bond donors (Lipinski definition) is 3. The second-order valence-corrected chi connectivity index (χ2v) is 5.67. The number of amides is 1. The molecule has 3 rings (SSSR count). The summed E-state index contributed by atoms with van der Waals surface area (Å²) in [6.45, 7) is -0.291. The molecule has 1 fully saturated rings. The van der Waals surface area contributed by atoms with Gasteiger partial charge in [0.25, 0.3) is 0 Å². The predicted molar refractivity (Wildman–Crippen MR) is 88.2 cm³/mol. The van der Waals surface area contributed by atoms with Gasteiger partial charge in [-0.1, -0.05) is 30.3 Å². The van der Waals surface area contributed by atoms with Crippen LogP contribution < -0.4 is 11.0 Å². The van der Waals surface area contributed by atoms with Gasteiger partial charge in [-0.25, -0.2) is 14.6 Å². The Balaban J connectivity index is 1.59. The molecular formula is C16H18N4O6. The van der Waals surface area contributed by atoms with Gasteiger partial charge in [0.2, 0.25) is 5.95 Å². The van der Waals surface area contributed by atoms with Crippen molar-refractivity contribution < 1.29 is 24.5 Å². The molecule has 0 saturated carbocycles. The molecule has 10 nitrogen and oxygen atoms in total. The number of ether oxygens (including phenoxy) is 2. The summed E-state index contributed by atoms with van der Waals surface area (Å²) in [5.41, 5.74) is 0.100. The molecule has 1 aromatic carbocycles. The Morgan fingerprint density at radius 2 is 2.15 bits per heavy atom. The number of nitrogens with zero attached hydrogens (tertiary/aromatic N) is 3. The van der Waals surface area contributed by atoms with E-state index in [0.717, 1.165) is 16.5 Å². The van der Waals surface area contributed by atoms with Gasteiger partial charge in [0.1, 0.15) is 25.3 Å². The van der Waals surface area contributed by atoms with Gasteiger partial charge in [-0.2, -0.15) is 4.98 Å². The lowest BCUT2D eigenvalue weighted by Gasteiger charge is -2.14. The topological polar surface area (TPSA) is 136 Å². The highest BCUT2D eigenvalue weighted by Crippen LogP contribution is 2.26. The van der Waals surface area contributed by atoms with Gasteiger partial charge < -0.3 is 19.7 Å². The van der Waals surface area contributed by atoms with Crippen LogP contribution in [0.15, 0.2) is 41.5 Å². The predicted octanol–water partition coefficient (Wildman–Crippen LogP) is 0.0277. The van der Waals surface area contributed by atoms with Crippen LogP contribution in [0.25, 0.3) is 0 Å². The molecule has 138 valence electrons. The Hall–Kier alpha value is -2.82. The average molecular weight is 362 g/mol. The fraction of sp³-hybridized carbons (Fsp3) is 0.375. The van der Waals surface area contributed by atoms with Gasteiger partial charge >= 0.3 is 11.8 Å². The maximum absolute atomic E-state index is 12.1. The molecule has 0 aliphatic carbocycles. The van der Waals surface area contributed by atoms with E-state index in [-0.39, 0.29) is 25.6 Å². The maximum atomic E-state index is 12.1. The largest absolute Gasteiger partial charge is 0.444 e. The first kappa shape index (κ1) is 18.0. The Labute approximate surface area is 148 Å². The molecule has 10 heteroatoms. The van der Waals surface area contributed by atoms with Gasteiger partial charge in [0.05, 0.1) is 12.7 Å². The summed E-state index contributed by atoms with van der Waals surface area (Å²) >= 11 is 0. The van der Waals surface area contributed by atoms with Crippen LogP contribution in [0.2, 0.25) is 0 Å². The van der Waals surface area contributed by atoms with E-state index in [2.05, 4.69) is 15.3 Å². The Morgan fingerprint density at radius 3 is 2.81 bits per heavy atom. The summed E-state index contributed by atoms with van der Waals surface area (Å²) in [4.78, 5) is 31.4. The third-order valence-electron chi connectivity index (χ3n) is 3.85. The Kier molecular flexibility index (Phi) is 5.56. The van der Waals surface area contributed by atoms with E-state index in [0.29, 0.717) is 0 Å². The number of rotatable bonds is 5. The first-order chi connectivity index (χ1) is 12.6. The Morgan fingerprint density at radius 1 is 1.38 bits per heavy atom. The van der Waals surface area contributed by atoms with Gasteiger partial charge in [0.15, 0.2) is 0 Å². The molecular weight excluding hydrogens is 344 g/mol. The molecule has 1 aliphatic rings. The average Bonchev–Trinajstić information content (AvgIpc) is 3.01. The summed E-state index contributed by atoms with van der Waals surface area (Å²) < 4.78 is 11.5. The SMILES string of the molecule is O=C(Nc1ncn([C@H]2C[C@H](O)[C@@H](CO)O2)c(=O)n1)OCc1ccccc1. The van der Waals surface area contributed by atoms with Crippen molar-refractivity contribution in [2.45, 2.75) is 31.5 Å². The number of hydrogen-bond acceptors (Lipinski definition) is 8. The van der Waals surface area contributed by atoms with Gasteiger partial charge in [-0.3, -0.25) is 9.88 Å². The second kappa shape index (κ2) is 8.04. The van der Waals surface area contributed by atoms with E-state index in [1.54, 1.807) is 12.1 Å². The minimum Gasteiger partial charge on any atom is -0.444 e. The van der Waals surface area contributed by atoms with E-state index in [4.69, 9.17) is 14.6 Å². The van der Waals surface area contributed by atoms with Crippen LogP contribution >= 0.6 is 0 Å². The Bertz CT molecular complexity index is 812. The summed E-state index contributed by atoms with van der Waals surface area (Å²) in [5.74, 6) is -0.207. The highest BCUT2D eigenvalue weighted by Gasteiger charge is 2.35. The fourth-order valence-corrected chi connectivity index (χ4v) is 2.50. The van der Waals surface area contributed by atoms with Crippen molar-refractivity contribution in [3.05, 3.63) is 52.7 Å². The molecule has 0 unspecified atom stereocenters. The van der Waals surface area contributed by atoms with Crippen molar-refractivity contribution in [2.75, 3.05) is 11.9 Å². The molecule has 0 radical (unpaired) electrons. The van der Waals surface area contributed by atoms with E-state index in [1.165, 1.54) is 0 Å². The molecule has 0 bridgehead atoms. The molecule has 1 aliphatic heterocycles. The van der Waals surface area contributed by atoms with Crippen LogP contribution in [0.3, 0.4) is 0 Å². The monoisotopic (exact) mass is 362 g/mol. The zero-order valence-corrected chi connectivity index (χ0v) is 13.7. The number of nitrogens with one attached hydrogen (secondary N) is 1. The molecule has 2 heterocycles. The van der Waals surface area contributed by atoms with Crippen molar-refractivity contribution >= 4 is 12.0 Å². The van der Waals surface area contributed by atoms with Crippen LogP contribution in [-0.2, 0) is 16.1 Å². The summed E-state index contributed by atoms with van der Waals surface area (Å²) in [6.07, 6.45) is -1.95. The first-order valence-electron chi connectivity index (χ1n) is 7.94. The van der Waals surface area contributed by atoms with E-state index in [1.807, 2.05) is 18.2 Å². The number of carbonyl (C=O) groups excluding carboxylic acids is 1. The lowest BCUT2D eigenvalue weighted by atomic mass is 10.2. The number of aliphatic hydroxyl groups is 2. The quantitative estimate of drug-likeness (QED) is 0.678. The zero-order valence-electron chi connectivity index (χ0n) is 13.7. The second-order valence-electron chi connectivity index (χ2n) is 5.67. The van der Waals surface area contributed by atoms with Crippen molar-refractivity contribution in [2.24, 2.45) is 0 Å². The lowest BCUT2D eigenvalue weighted by molar-refractivity contribution is -0.0462. The highest BCUT2D eigenvalue weighted by atomic mass is 16.6. The smallest absolute Gasteiger partial charge is 0.414 e. The summed E-state index contributed by atoms with van der Waals surface area (Å²) in [5, 5.41) is 21.1. The van der Waals surface area contributed by atoms with Gasteiger partial charge in [0, 0.05) is 6.42 Å². The van der Waals surface area contributed by atoms with Crippen LogP contribution in [0.4, 0.5) is 10.7 Å². The van der Waals surface area contributed by atoms with Gasteiger partial charge in [-0.05, 0) is 5.56 Å². The number of benzene rings is 1. The van der Waals surface area contributed by atoms with Gasteiger partial charge in [-0.15, -0.1) is 0 Å². The van der Waals surface area contributed by atoms with Crippen molar-refractivity contribution in [3.8, 4) is 0 Å². The standard InChI is InChI=1S/C16H18N4O6/c21-7-12-11(22)6-13(26-12)20-9-17-14(18-15(20)23)19-16(24)25-8-10-4-2-1-3-5-10/h1-5,9,11-13,21-22H,6-8H2,(H,18,19,23,24)/t11-,12+,13+/m0/s1. The van der Waals surface area contributed by atoms with E-state index < -0.39 is 30.2 Å². The van der Waals surface area contributed by atoms with Crippen LogP contribution in [0.1, 0.15) is 18.2 Å². The first-order valence-corrected chi connectivity index (χ1v) is 7.94.